The molecule has 0 aliphatic carbocycles. The Labute approximate surface area is 93.3 Å². The first-order valence-corrected chi connectivity index (χ1v) is 5.04. The molecule has 1 aromatic rings. The molecule has 1 amide bonds. The number of carbonyl (C=O) groups is 1. The standard InChI is InChI=1S/C11H13N3O2/c1-2-6-14(7-4-12)11(16)9-8-13-5-3-10(9)15/h3,5,8H,2,6-7H2,1H3,(H,13,15). The van der Waals surface area contributed by atoms with Gasteiger partial charge in [-0.2, -0.15) is 5.26 Å². The number of pyridine rings is 1. The van der Waals surface area contributed by atoms with Gasteiger partial charge in [-0.05, 0) is 6.42 Å². The van der Waals surface area contributed by atoms with Gasteiger partial charge in [0.2, 0.25) is 0 Å². The minimum absolute atomic E-state index is 0.001000. The summed E-state index contributed by atoms with van der Waals surface area (Å²) in [6.45, 7) is 2.38. The van der Waals surface area contributed by atoms with Gasteiger partial charge < -0.3 is 9.88 Å². The lowest BCUT2D eigenvalue weighted by molar-refractivity contribution is 0.0774. The Morgan fingerprint density at radius 1 is 1.62 bits per heavy atom. The largest absolute Gasteiger partial charge is 0.367 e. The Morgan fingerprint density at radius 3 is 2.94 bits per heavy atom. The van der Waals surface area contributed by atoms with Crippen molar-refractivity contribution in [1.82, 2.24) is 9.88 Å². The van der Waals surface area contributed by atoms with Crippen LogP contribution < -0.4 is 5.43 Å². The number of hydrogen-bond donors (Lipinski definition) is 1. The molecule has 84 valence electrons. The number of nitrogens with one attached hydrogen (secondary N) is 1. The van der Waals surface area contributed by atoms with Crippen LogP contribution in [0.2, 0.25) is 0 Å². The molecule has 1 rings (SSSR count). The maximum Gasteiger partial charge on any atom is 0.260 e. The molecule has 5 heteroatoms. The van der Waals surface area contributed by atoms with Crippen LogP contribution in [-0.2, 0) is 0 Å². The highest BCUT2D eigenvalue weighted by atomic mass is 16.2. The van der Waals surface area contributed by atoms with Crippen molar-refractivity contribution in [2.75, 3.05) is 13.1 Å². The van der Waals surface area contributed by atoms with Gasteiger partial charge in [0.1, 0.15) is 12.1 Å². The smallest absolute Gasteiger partial charge is 0.260 e. The molecule has 0 fully saturated rings. The maximum absolute atomic E-state index is 11.9. The van der Waals surface area contributed by atoms with E-state index < -0.39 is 5.91 Å². The van der Waals surface area contributed by atoms with E-state index in [0.29, 0.717) is 6.54 Å². The van der Waals surface area contributed by atoms with Crippen molar-refractivity contribution in [2.45, 2.75) is 13.3 Å². The third-order valence-corrected chi connectivity index (χ3v) is 2.10. The summed E-state index contributed by atoms with van der Waals surface area (Å²) in [6.07, 6.45) is 3.58. The lowest BCUT2D eigenvalue weighted by atomic mass is 10.2. The van der Waals surface area contributed by atoms with Crippen LogP contribution in [0.25, 0.3) is 0 Å². The van der Waals surface area contributed by atoms with Crippen LogP contribution in [0.4, 0.5) is 0 Å². The van der Waals surface area contributed by atoms with E-state index in [1.165, 1.54) is 23.4 Å². The number of H-pyrrole nitrogens is 1. The fraction of sp³-hybridized carbons (Fsp3) is 0.364. The van der Waals surface area contributed by atoms with Crippen molar-refractivity contribution in [1.29, 1.82) is 5.26 Å². The highest BCUT2D eigenvalue weighted by Crippen LogP contribution is 1.99. The van der Waals surface area contributed by atoms with Crippen molar-refractivity contribution < 1.29 is 4.79 Å². The molecule has 0 aliphatic heterocycles. The van der Waals surface area contributed by atoms with Crippen molar-refractivity contribution in [3.05, 3.63) is 34.2 Å². The van der Waals surface area contributed by atoms with Gasteiger partial charge in [-0.1, -0.05) is 6.92 Å². The zero-order valence-corrected chi connectivity index (χ0v) is 9.06. The van der Waals surface area contributed by atoms with Crippen LogP contribution in [0.5, 0.6) is 0 Å². The first-order chi connectivity index (χ1) is 7.70. The van der Waals surface area contributed by atoms with Gasteiger partial charge in [-0.25, -0.2) is 0 Å². The summed E-state index contributed by atoms with van der Waals surface area (Å²) < 4.78 is 0. The molecule has 16 heavy (non-hydrogen) atoms. The van der Waals surface area contributed by atoms with E-state index in [1.807, 2.05) is 13.0 Å². The Bertz CT molecular complexity index is 459. The molecule has 0 saturated heterocycles. The highest BCUT2D eigenvalue weighted by molar-refractivity contribution is 5.93. The summed E-state index contributed by atoms with van der Waals surface area (Å²) in [7, 11) is 0. The predicted octanol–water partition coefficient (Wildman–Crippen LogP) is 0.751. The Balaban J connectivity index is 2.95. The van der Waals surface area contributed by atoms with E-state index >= 15 is 0 Å². The molecule has 0 unspecified atom stereocenters. The number of nitrogens with zero attached hydrogens (tertiary/aromatic N) is 2. The maximum atomic E-state index is 11.9. The normalized spacial score (nSPS) is 9.50. The molecule has 5 nitrogen and oxygen atoms in total. The zero-order chi connectivity index (χ0) is 12.0. The summed E-state index contributed by atoms with van der Waals surface area (Å²) in [5, 5.41) is 8.60. The Morgan fingerprint density at radius 2 is 2.38 bits per heavy atom. The van der Waals surface area contributed by atoms with E-state index in [-0.39, 0.29) is 17.5 Å². The summed E-state index contributed by atoms with van der Waals surface area (Å²) >= 11 is 0. The van der Waals surface area contributed by atoms with Crippen LogP contribution in [-0.4, -0.2) is 28.9 Å². The van der Waals surface area contributed by atoms with Crippen LogP contribution in [0.3, 0.4) is 0 Å². The number of amides is 1. The minimum Gasteiger partial charge on any atom is -0.367 e. The van der Waals surface area contributed by atoms with Gasteiger partial charge in [-0.15, -0.1) is 0 Å². The fourth-order valence-corrected chi connectivity index (χ4v) is 1.36. The molecular weight excluding hydrogens is 206 g/mol. The minimum atomic E-state index is -0.398. The molecule has 0 radical (unpaired) electrons. The molecule has 1 aromatic heterocycles. The van der Waals surface area contributed by atoms with Gasteiger partial charge >= 0.3 is 0 Å². The van der Waals surface area contributed by atoms with Crippen LogP contribution >= 0.6 is 0 Å². The summed E-state index contributed by atoms with van der Waals surface area (Å²) in [5.74, 6) is -0.398. The van der Waals surface area contributed by atoms with E-state index in [0.717, 1.165) is 6.42 Å². The van der Waals surface area contributed by atoms with E-state index in [4.69, 9.17) is 5.26 Å². The monoisotopic (exact) mass is 219 g/mol. The molecule has 0 atom stereocenters. The fourth-order valence-electron chi connectivity index (χ4n) is 1.36. The topological polar surface area (TPSA) is 77.0 Å². The molecule has 0 spiro atoms. The quantitative estimate of drug-likeness (QED) is 0.759. The first-order valence-electron chi connectivity index (χ1n) is 5.04. The van der Waals surface area contributed by atoms with Crippen molar-refractivity contribution in [2.24, 2.45) is 0 Å². The Kier molecular flexibility index (Phi) is 4.28. The first kappa shape index (κ1) is 12.0. The number of aromatic amines is 1. The number of aromatic nitrogens is 1. The van der Waals surface area contributed by atoms with Crippen molar-refractivity contribution >= 4 is 5.91 Å². The van der Waals surface area contributed by atoms with Crippen molar-refractivity contribution in [3.8, 4) is 6.07 Å². The SMILES string of the molecule is CCCN(CC#N)C(=O)c1c[nH]ccc1=O. The number of nitriles is 1. The third kappa shape index (κ3) is 2.70. The number of carbonyl (C=O) groups excluding carboxylic acids is 1. The molecule has 0 saturated carbocycles. The van der Waals surface area contributed by atoms with Gasteiger partial charge in [0, 0.05) is 25.0 Å². The second-order valence-corrected chi connectivity index (χ2v) is 3.31. The predicted molar refractivity (Wildman–Crippen MR) is 58.9 cm³/mol. The molecule has 0 aromatic carbocycles. The number of hydrogen-bond acceptors (Lipinski definition) is 3. The lowest BCUT2D eigenvalue weighted by Crippen LogP contribution is -2.35. The molecule has 0 aliphatic rings. The second-order valence-electron chi connectivity index (χ2n) is 3.31. The highest BCUT2D eigenvalue weighted by Gasteiger charge is 2.16. The summed E-state index contributed by atoms with van der Waals surface area (Å²) in [4.78, 5) is 27.4. The van der Waals surface area contributed by atoms with Crippen LogP contribution in [0, 0.1) is 11.3 Å². The second kappa shape index (κ2) is 5.71. The number of rotatable bonds is 4. The lowest BCUT2D eigenvalue weighted by Gasteiger charge is -2.17. The average molecular weight is 219 g/mol. The van der Waals surface area contributed by atoms with Gasteiger partial charge in [0.15, 0.2) is 5.43 Å². The molecular formula is C11H13N3O2. The molecule has 1 N–H and O–H groups in total. The molecule has 1 heterocycles. The van der Waals surface area contributed by atoms with Gasteiger partial charge in [0.25, 0.3) is 5.91 Å². The van der Waals surface area contributed by atoms with Crippen LogP contribution in [0.1, 0.15) is 23.7 Å². The zero-order valence-electron chi connectivity index (χ0n) is 9.06. The van der Waals surface area contributed by atoms with Crippen molar-refractivity contribution in [3.63, 3.8) is 0 Å². The molecule has 0 bridgehead atoms. The average Bonchev–Trinajstić information content (AvgIpc) is 2.28. The van der Waals surface area contributed by atoms with E-state index in [1.54, 1.807) is 0 Å². The van der Waals surface area contributed by atoms with E-state index in [2.05, 4.69) is 4.98 Å². The van der Waals surface area contributed by atoms with E-state index in [9.17, 15) is 9.59 Å². The summed E-state index contributed by atoms with van der Waals surface area (Å²) in [5.41, 5.74) is -0.256. The van der Waals surface area contributed by atoms with Crippen LogP contribution in [0.15, 0.2) is 23.3 Å². The Hall–Kier alpha value is -2.09. The van der Waals surface area contributed by atoms with Gasteiger partial charge in [-0.3, -0.25) is 9.59 Å². The van der Waals surface area contributed by atoms with Gasteiger partial charge in [0.05, 0.1) is 6.07 Å². The summed E-state index contributed by atoms with van der Waals surface area (Å²) in [6, 6.07) is 3.21. The third-order valence-electron chi connectivity index (χ3n) is 2.10.